The second kappa shape index (κ2) is 8.28. The monoisotopic (exact) mass is 400 g/mol. The van der Waals surface area contributed by atoms with E-state index in [0.717, 1.165) is 6.42 Å². The van der Waals surface area contributed by atoms with Crippen molar-refractivity contribution in [3.63, 3.8) is 0 Å². The van der Waals surface area contributed by atoms with Gasteiger partial charge in [-0.2, -0.15) is 0 Å². The third-order valence-electron chi connectivity index (χ3n) is 2.22. The molecule has 0 aromatic rings. The van der Waals surface area contributed by atoms with Crippen LogP contribution in [0.1, 0.15) is 47.0 Å². The lowest BCUT2D eigenvalue weighted by Gasteiger charge is -2.28. The van der Waals surface area contributed by atoms with Crippen LogP contribution in [-0.4, -0.2) is 37.7 Å². The lowest BCUT2D eigenvalue weighted by molar-refractivity contribution is -0.114. The van der Waals surface area contributed by atoms with Crippen LogP contribution in [0.3, 0.4) is 0 Å². The molecule has 0 fully saturated rings. The van der Waals surface area contributed by atoms with E-state index in [0.29, 0.717) is 17.9 Å². The Morgan fingerprint density at radius 1 is 1.35 bits per heavy atom. The number of carboxylic acid groups (broad SMARTS) is 1. The van der Waals surface area contributed by atoms with E-state index >= 15 is 0 Å². The van der Waals surface area contributed by atoms with E-state index in [4.69, 9.17) is 9.84 Å². The van der Waals surface area contributed by atoms with Crippen molar-refractivity contribution in [2.45, 2.75) is 58.6 Å². The molecule has 20 heavy (non-hydrogen) atoms. The molecule has 0 aliphatic heterocycles. The number of ether oxygens (including phenoxy) is 1. The summed E-state index contributed by atoms with van der Waals surface area (Å²) in [6, 6.07) is -0.916. The number of halogens is 1. The molecular formula is C12H21IN2O5. The molecule has 0 aromatic heterocycles. The van der Waals surface area contributed by atoms with Crippen LogP contribution in [0.2, 0.25) is 0 Å². The van der Waals surface area contributed by atoms with Crippen molar-refractivity contribution >= 4 is 38.6 Å². The zero-order chi connectivity index (χ0) is 15.9. The highest BCUT2D eigenvalue weighted by atomic mass is 127. The van der Waals surface area contributed by atoms with Gasteiger partial charge in [-0.05, 0) is 27.2 Å². The SMILES string of the molecule is CCCCC(C(=O)I)N(NC(=O)OC(C)(C)C)C(=O)O. The first-order chi connectivity index (χ1) is 9.08. The summed E-state index contributed by atoms with van der Waals surface area (Å²) in [6.45, 7) is 6.92. The number of nitrogens with one attached hydrogen (secondary N) is 1. The number of hydrogen-bond acceptors (Lipinski definition) is 4. The number of unbranched alkanes of at least 4 members (excludes halogenated alkanes) is 1. The summed E-state index contributed by atoms with van der Waals surface area (Å²) in [5.74, 6) is 0. The molecule has 0 spiro atoms. The Kier molecular flexibility index (Phi) is 7.84. The molecule has 0 rings (SSSR count). The van der Waals surface area contributed by atoms with Crippen molar-refractivity contribution in [3.8, 4) is 0 Å². The Morgan fingerprint density at radius 2 is 1.90 bits per heavy atom. The van der Waals surface area contributed by atoms with Crippen LogP contribution in [0.25, 0.3) is 0 Å². The Balaban J connectivity index is 4.88. The van der Waals surface area contributed by atoms with E-state index in [9.17, 15) is 14.4 Å². The molecule has 7 nitrogen and oxygen atoms in total. The Bertz CT molecular complexity index is 367. The highest BCUT2D eigenvalue weighted by molar-refractivity contribution is 14.1. The number of hydrazine groups is 1. The lowest BCUT2D eigenvalue weighted by atomic mass is 10.1. The zero-order valence-corrected chi connectivity index (χ0v) is 14.3. The smallest absolute Gasteiger partial charge is 0.427 e. The molecule has 8 heteroatoms. The van der Waals surface area contributed by atoms with Gasteiger partial charge < -0.3 is 9.84 Å². The molecule has 0 aromatic carbocycles. The van der Waals surface area contributed by atoms with Gasteiger partial charge in [0.25, 0.3) is 0 Å². The number of carbonyl (C=O) groups is 3. The minimum absolute atomic E-state index is 0.348. The third-order valence-corrected chi connectivity index (χ3v) is 2.94. The predicted octanol–water partition coefficient (Wildman–Crippen LogP) is 2.93. The molecule has 0 saturated heterocycles. The number of amides is 2. The first-order valence-corrected chi connectivity index (χ1v) is 7.37. The summed E-state index contributed by atoms with van der Waals surface area (Å²) in [6.07, 6.45) is -0.458. The number of carbonyl (C=O) groups excluding carboxylic acids is 2. The molecule has 2 amide bonds. The number of nitrogens with zero attached hydrogens (tertiary/aromatic N) is 1. The fourth-order valence-electron chi connectivity index (χ4n) is 1.40. The molecule has 116 valence electrons. The van der Waals surface area contributed by atoms with E-state index in [-0.39, 0.29) is 3.79 Å². The predicted molar refractivity (Wildman–Crippen MR) is 81.6 cm³/mol. The maximum absolute atomic E-state index is 11.6. The van der Waals surface area contributed by atoms with E-state index in [2.05, 4.69) is 5.43 Å². The molecule has 0 saturated carbocycles. The molecule has 1 atom stereocenters. The number of hydrogen-bond donors (Lipinski definition) is 2. The first kappa shape index (κ1) is 18.9. The van der Waals surface area contributed by atoms with Crippen LogP contribution in [0.5, 0.6) is 0 Å². The third kappa shape index (κ3) is 7.51. The molecule has 0 radical (unpaired) electrons. The van der Waals surface area contributed by atoms with Crippen molar-refractivity contribution < 1.29 is 24.2 Å². The van der Waals surface area contributed by atoms with Crippen molar-refractivity contribution in [1.82, 2.24) is 10.4 Å². The van der Waals surface area contributed by atoms with E-state index in [1.807, 2.05) is 6.92 Å². The molecule has 1 unspecified atom stereocenters. The quantitative estimate of drug-likeness (QED) is 0.420. The van der Waals surface area contributed by atoms with Gasteiger partial charge in [-0.1, -0.05) is 19.8 Å². The highest BCUT2D eigenvalue weighted by Crippen LogP contribution is 2.13. The first-order valence-electron chi connectivity index (χ1n) is 6.29. The van der Waals surface area contributed by atoms with Crippen LogP contribution in [-0.2, 0) is 9.53 Å². The topological polar surface area (TPSA) is 95.9 Å². The van der Waals surface area contributed by atoms with Gasteiger partial charge in [-0.15, -0.1) is 0 Å². The van der Waals surface area contributed by atoms with E-state index in [1.165, 1.54) is 22.6 Å². The van der Waals surface area contributed by atoms with Gasteiger partial charge in [0.1, 0.15) is 11.6 Å². The van der Waals surface area contributed by atoms with E-state index < -0.39 is 23.8 Å². The summed E-state index contributed by atoms with van der Waals surface area (Å²) in [5.41, 5.74) is 1.36. The fourth-order valence-corrected chi connectivity index (χ4v) is 1.99. The molecule has 0 heterocycles. The average Bonchev–Trinajstić information content (AvgIpc) is 2.24. The highest BCUT2D eigenvalue weighted by Gasteiger charge is 2.30. The normalized spacial score (nSPS) is 12.4. The lowest BCUT2D eigenvalue weighted by Crippen LogP contribution is -2.54. The molecule has 0 aliphatic rings. The molecule has 0 aliphatic carbocycles. The molecule has 0 bridgehead atoms. The second-order valence-corrected chi connectivity index (χ2v) is 6.29. The zero-order valence-electron chi connectivity index (χ0n) is 12.1. The maximum Gasteiger partial charge on any atom is 0.427 e. The van der Waals surface area contributed by atoms with Crippen LogP contribution >= 0.6 is 22.6 Å². The van der Waals surface area contributed by atoms with Gasteiger partial charge in [0.15, 0.2) is 0 Å². The van der Waals surface area contributed by atoms with Gasteiger partial charge >= 0.3 is 12.2 Å². The Morgan fingerprint density at radius 3 is 2.25 bits per heavy atom. The van der Waals surface area contributed by atoms with Gasteiger partial charge in [-0.3, -0.25) is 4.79 Å². The summed E-state index contributed by atoms with van der Waals surface area (Å²) in [7, 11) is 0. The van der Waals surface area contributed by atoms with Gasteiger partial charge in [0, 0.05) is 22.6 Å². The molecular weight excluding hydrogens is 379 g/mol. The summed E-state index contributed by atoms with van der Waals surface area (Å²) < 4.78 is 4.63. The molecule has 2 N–H and O–H groups in total. The minimum atomic E-state index is -1.40. The van der Waals surface area contributed by atoms with Crippen molar-refractivity contribution in [1.29, 1.82) is 0 Å². The van der Waals surface area contributed by atoms with Gasteiger partial charge in [-0.25, -0.2) is 20.0 Å². The summed E-state index contributed by atoms with van der Waals surface area (Å²) >= 11 is 1.53. The van der Waals surface area contributed by atoms with Crippen LogP contribution in [0, 0.1) is 0 Å². The van der Waals surface area contributed by atoms with Gasteiger partial charge in [0.2, 0.25) is 3.79 Å². The van der Waals surface area contributed by atoms with Crippen molar-refractivity contribution in [2.75, 3.05) is 0 Å². The second-order valence-electron chi connectivity index (χ2n) is 5.23. The van der Waals surface area contributed by atoms with Crippen LogP contribution < -0.4 is 5.43 Å². The standard InChI is InChI=1S/C12H21IN2O5/c1-5-6-7-8(9(13)16)15(11(18)19)14-10(17)20-12(2,3)4/h8H,5-7H2,1-4H3,(H,14,17)(H,18,19). The Hall–Kier alpha value is -1.06. The number of rotatable bonds is 5. The van der Waals surface area contributed by atoms with Crippen molar-refractivity contribution in [2.24, 2.45) is 0 Å². The summed E-state index contributed by atoms with van der Waals surface area (Å²) in [5, 5.41) is 9.75. The largest absolute Gasteiger partial charge is 0.464 e. The van der Waals surface area contributed by atoms with Gasteiger partial charge in [0.05, 0.1) is 0 Å². The van der Waals surface area contributed by atoms with Crippen LogP contribution in [0.15, 0.2) is 0 Å². The Labute approximate surface area is 132 Å². The van der Waals surface area contributed by atoms with Crippen molar-refractivity contribution in [3.05, 3.63) is 0 Å². The maximum atomic E-state index is 11.6. The van der Waals surface area contributed by atoms with E-state index in [1.54, 1.807) is 20.8 Å². The average molecular weight is 400 g/mol. The minimum Gasteiger partial charge on any atom is -0.464 e. The van der Waals surface area contributed by atoms with Crippen LogP contribution in [0.4, 0.5) is 9.59 Å². The fraction of sp³-hybridized carbons (Fsp3) is 0.750. The summed E-state index contributed by atoms with van der Waals surface area (Å²) in [4.78, 5) is 34.4.